The van der Waals surface area contributed by atoms with Gasteiger partial charge in [0.25, 0.3) is 0 Å². The summed E-state index contributed by atoms with van der Waals surface area (Å²) in [5.41, 5.74) is 11.4. The highest BCUT2D eigenvalue weighted by Crippen LogP contribution is 2.43. The second-order valence-electron chi connectivity index (χ2n) is 14.0. The van der Waals surface area contributed by atoms with Gasteiger partial charge in [0, 0.05) is 53.2 Å². The van der Waals surface area contributed by atoms with Crippen LogP contribution in [0.2, 0.25) is 0 Å². The third-order valence-corrected chi connectivity index (χ3v) is 11.8. The largest absolute Gasteiger partial charge is 0.456 e. The zero-order valence-electron chi connectivity index (χ0n) is 30.1. The minimum atomic E-state index is 0.591. The van der Waals surface area contributed by atoms with E-state index >= 15 is 0 Å². The van der Waals surface area contributed by atoms with Crippen LogP contribution in [-0.4, -0.2) is 15.0 Å². The molecule has 0 aliphatic carbocycles. The first kappa shape index (κ1) is 32.2. The van der Waals surface area contributed by atoms with Crippen molar-refractivity contribution in [3.63, 3.8) is 0 Å². The number of furan rings is 1. The summed E-state index contributed by atoms with van der Waals surface area (Å²) >= 11 is 1.86. The Kier molecular flexibility index (Phi) is 7.64. The molecule has 0 bridgehead atoms. The highest BCUT2D eigenvalue weighted by molar-refractivity contribution is 7.26. The molecule has 0 fully saturated rings. The Balaban J connectivity index is 1.01. The van der Waals surface area contributed by atoms with Gasteiger partial charge >= 0.3 is 0 Å². The lowest BCUT2D eigenvalue weighted by Gasteiger charge is -2.09. The standard InChI is InChI=1S/C51H31N3OS/c1-4-12-32(13-5-1)33-20-22-36(23-21-33)50-52-49(35-16-8-3-9-17-35)53-51(54-50)38-25-27-41-40-26-24-37(30-45(40)55-46(41)31-38)39-28-43(34-14-6-2-7-15-34)48-44(29-39)42-18-10-11-19-47(42)56-48/h1-31H. The molecule has 0 N–H and O–H groups in total. The Morgan fingerprint density at radius 1 is 0.321 bits per heavy atom. The smallest absolute Gasteiger partial charge is 0.164 e. The monoisotopic (exact) mass is 733 g/mol. The molecule has 0 aliphatic heterocycles. The fourth-order valence-corrected chi connectivity index (χ4v) is 8.93. The van der Waals surface area contributed by atoms with Crippen molar-refractivity contribution in [3.05, 3.63) is 188 Å². The Hall–Kier alpha value is -7.21. The zero-order valence-corrected chi connectivity index (χ0v) is 30.9. The number of rotatable bonds is 6. The number of hydrogen-bond donors (Lipinski definition) is 0. The molecule has 5 heteroatoms. The number of nitrogens with zero attached hydrogens (tertiary/aromatic N) is 3. The van der Waals surface area contributed by atoms with Crippen molar-refractivity contribution < 1.29 is 4.42 Å². The number of hydrogen-bond acceptors (Lipinski definition) is 5. The van der Waals surface area contributed by atoms with Crippen molar-refractivity contribution in [1.29, 1.82) is 0 Å². The molecule has 0 radical (unpaired) electrons. The summed E-state index contributed by atoms with van der Waals surface area (Å²) in [4.78, 5) is 15.0. The van der Waals surface area contributed by atoms with E-state index in [2.05, 4.69) is 152 Å². The van der Waals surface area contributed by atoms with E-state index in [0.717, 1.165) is 55.3 Å². The SMILES string of the molecule is c1ccc(-c2ccc(-c3nc(-c4ccccc4)nc(-c4ccc5c(c4)oc4cc(-c6cc(-c7ccccc7)c7sc8ccccc8c7c6)ccc45)n3)cc2)cc1. The Morgan fingerprint density at radius 3 is 1.48 bits per heavy atom. The fraction of sp³-hybridized carbons (Fsp3) is 0. The van der Waals surface area contributed by atoms with Gasteiger partial charge < -0.3 is 4.42 Å². The maximum atomic E-state index is 6.65. The van der Waals surface area contributed by atoms with Gasteiger partial charge in [0.15, 0.2) is 17.5 Å². The van der Waals surface area contributed by atoms with Gasteiger partial charge in [-0.1, -0.05) is 146 Å². The Labute approximate surface area is 327 Å². The van der Waals surface area contributed by atoms with Gasteiger partial charge in [-0.2, -0.15) is 0 Å². The van der Waals surface area contributed by atoms with Crippen LogP contribution in [0, 0.1) is 0 Å². The van der Waals surface area contributed by atoms with Gasteiger partial charge in [0.1, 0.15) is 11.2 Å². The van der Waals surface area contributed by atoms with E-state index in [1.807, 2.05) is 47.7 Å². The van der Waals surface area contributed by atoms with Crippen LogP contribution in [0.3, 0.4) is 0 Å². The summed E-state index contributed by atoms with van der Waals surface area (Å²) in [6, 6.07) is 65.7. The van der Waals surface area contributed by atoms with Gasteiger partial charge in [-0.05, 0) is 70.3 Å². The third kappa shape index (κ3) is 5.65. The summed E-state index contributed by atoms with van der Waals surface area (Å²) in [6.07, 6.45) is 0. The van der Waals surface area contributed by atoms with Crippen molar-refractivity contribution in [3.8, 4) is 67.5 Å². The van der Waals surface area contributed by atoms with Gasteiger partial charge in [0.2, 0.25) is 0 Å². The van der Waals surface area contributed by atoms with Crippen LogP contribution in [0.5, 0.6) is 0 Å². The zero-order chi connectivity index (χ0) is 37.0. The number of benzene rings is 8. The van der Waals surface area contributed by atoms with Crippen molar-refractivity contribution in [1.82, 2.24) is 15.0 Å². The molecule has 4 nitrogen and oxygen atoms in total. The summed E-state index contributed by atoms with van der Waals surface area (Å²) < 4.78 is 9.25. The second kappa shape index (κ2) is 13.3. The number of aromatic nitrogens is 3. The Morgan fingerprint density at radius 2 is 0.804 bits per heavy atom. The molecule has 0 spiro atoms. The molecule has 0 amide bonds. The van der Waals surface area contributed by atoms with Crippen LogP contribution in [0.15, 0.2) is 192 Å². The highest BCUT2D eigenvalue weighted by atomic mass is 32.1. The van der Waals surface area contributed by atoms with Gasteiger partial charge in [0.05, 0.1) is 0 Å². The average molecular weight is 734 g/mol. The minimum Gasteiger partial charge on any atom is -0.456 e. The normalized spacial score (nSPS) is 11.6. The molecule has 0 saturated carbocycles. The second-order valence-corrected chi connectivity index (χ2v) is 15.1. The molecule has 0 unspecified atom stereocenters. The minimum absolute atomic E-state index is 0.591. The van der Waals surface area contributed by atoms with E-state index in [4.69, 9.17) is 19.4 Å². The van der Waals surface area contributed by atoms with Gasteiger partial charge in [-0.15, -0.1) is 11.3 Å². The van der Waals surface area contributed by atoms with E-state index in [0.29, 0.717) is 17.5 Å². The molecule has 11 aromatic rings. The third-order valence-electron chi connectivity index (χ3n) is 10.5. The van der Waals surface area contributed by atoms with E-state index in [1.165, 1.54) is 36.9 Å². The number of fused-ring (bicyclic) bond motifs is 6. The van der Waals surface area contributed by atoms with Crippen molar-refractivity contribution in [2.75, 3.05) is 0 Å². The van der Waals surface area contributed by atoms with Crippen LogP contribution in [0.4, 0.5) is 0 Å². The topological polar surface area (TPSA) is 51.8 Å². The first-order chi connectivity index (χ1) is 27.7. The van der Waals surface area contributed by atoms with Crippen LogP contribution < -0.4 is 0 Å². The molecular formula is C51H31N3OS. The van der Waals surface area contributed by atoms with Gasteiger partial charge in [-0.25, -0.2) is 15.0 Å². The first-order valence-corrected chi connectivity index (χ1v) is 19.5. The molecule has 8 aromatic carbocycles. The molecule has 0 atom stereocenters. The first-order valence-electron chi connectivity index (χ1n) is 18.7. The number of thiophene rings is 1. The predicted molar refractivity (Wildman–Crippen MR) is 233 cm³/mol. The van der Waals surface area contributed by atoms with Crippen molar-refractivity contribution in [2.45, 2.75) is 0 Å². The fourth-order valence-electron chi connectivity index (χ4n) is 7.71. The lowest BCUT2D eigenvalue weighted by Crippen LogP contribution is -2.00. The summed E-state index contributed by atoms with van der Waals surface area (Å²) in [7, 11) is 0. The molecule has 0 aliphatic rings. The predicted octanol–water partition coefficient (Wildman–Crippen LogP) is 14.1. The summed E-state index contributed by atoms with van der Waals surface area (Å²) in [6.45, 7) is 0. The van der Waals surface area contributed by atoms with E-state index in [9.17, 15) is 0 Å². The van der Waals surface area contributed by atoms with E-state index in [-0.39, 0.29) is 0 Å². The average Bonchev–Trinajstić information content (AvgIpc) is 3.84. The molecule has 3 heterocycles. The van der Waals surface area contributed by atoms with Crippen LogP contribution >= 0.6 is 11.3 Å². The lowest BCUT2D eigenvalue weighted by atomic mass is 9.95. The van der Waals surface area contributed by atoms with Crippen molar-refractivity contribution >= 4 is 53.4 Å². The van der Waals surface area contributed by atoms with E-state index in [1.54, 1.807) is 0 Å². The molecule has 0 saturated heterocycles. The lowest BCUT2D eigenvalue weighted by molar-refractivity contribution is 0.669. The molecular weight excluding hydrogens is 703 g/mol. The maximum absolute atomic E-state index is 6.65. The molecule has 262 valence electrons. The Bertz CT molecular complexity index is 3230. The summed E-state index contributed by atoms with van der Waals surface area (Å²) in [5.74, 6) is 1.83. The highest BCUT2D eigenvalue weighted by Gasteiger charge is 2.17. The summed E-state index contributed by atoms with van der Waals surface area (Å²) in [5, 5.41) is 4.68. The molecule has 56 heavy (non-hydrogen) atoms. The molecule has 11 rings (SSSR count). The molecule has 3 aromatic heterocycles. The van der Waals surface area contributed by atoms with Crippen LogP contribution in [-0.2, 0) is 0 Å². The van der Waals surface area contributed by atoms with Crippen LogP contribution in [0.1, 0.15) is 0 Å². The van der Waals surface area contributed by atoms with Crippen molar-refractivity contribution in [2.24, 2.45) is 0 Å². The quantitative estimate of drug-likeness (QED) is 0.171. The van der Waals surface area contributed by atoms with Gasteiger partial charge in [-0.3, -0.25) is 0 Å². The van der Waals surface area contributed by atoms with E-state index < -0.39 is 0 Å². The van der Waals surface area contributed by atoms with Crippen LogP contribution in [0.25, 0.3) is 110 Å². The maximum Gasteiger partial charge on any atom is 0.164 e.